The Labute approximate surface area is 111 Å². The molecular formula is C13H18BrNO2. The van der Waals surface area contributed by atoms with Gasteiger partial charge < -0.3 is 14.8 Å². The minimum atomic E-state index is 0.286. The highest BCUT2D eigenvalue weighted by Gasteiger charge is 2.14. The Balaban J connectivity index is 1.98. The van der Waals surface area contributed by atoms with Crippen molar-refractivity contribution in [2.75, 3.05) is 26.3 Å². The molecule has 0 aromatic heterocycles. The highest BCUT2D eigenvalue weighted by molar-refractivity contribution is 9.10. The molecule has 0 unspecified atom stereocenters. The number of morpholine rings is 1. The molecule has 0 amide bonds. The smallest absolute Gasteiger partial charge is 0.133 e. The van der Waals surface area contributed by atoms with Crippen molar-refractivity contribution in [3.8, 4) is 5.75 Å². The van der Waals surface area contributed by atoms with Crippen molar-refractivity contribution in [3.63, 3.8) is 0 Å². The lowest BCUT2D eigenvalue weighted by molar-refractivity contribution is 0.0292. The minimum absolute atomic E-state index is 0.286. The Morgan fingerprint density at radius 1 is 1.53 bits per heavy atom. The molecule has 1 aliphatic heterocycles. The summed E-state index contributed by atoms with van der Waals surface area (Å²) in [7, 11) is 0. The second-order valence-electron chi connectivity index (χ2n) is 4.10. The van der Waals surface area contributed by atoms with Gasteiger partial charge in [-0.25, -0.2) is 0 Å². The molecule has 4 heteroatoms. The third kappa shape index (κ3) is 3.69. The molecule has 3 nitrogen and oxygen atoms in total. The lowest BCUT2D eigenvalue weighted by Gasteiger charge is -2.23. The van der Waals surface area contributed by atoms with Crippen LogP contribution < -0.4 is 10.1 Å². The van der Waals surface area contributed by atoms with Crippen molar-refractivity contribution in [2.45, 2.75) is 19.4 Å². The molecule has 0 aliphatic carbocycles. The van der Waals surface area contributed by atoms with Crippen LogP contribution in [0.5, 0.6) is 5.75 Å². The molecule has 1 atom stereocenters. The topological polar surface area (TPSA) is 30.5 Å². The average Bonchev–Trinajstić information content (AvgIpc) is 2.34. The van der Waals surface area contributed by atoms with Crippen LogP contribution in [0.2, 0.25) is 0 Å². The average molecular weight is 300 g/mol. The van der Waals surface area contributed by atoms with Crippen molar-refractivity contribution in [1.82, 2.24) is 5.32 Å². The summed E-state index contributed by atoms with van der Waals surface area (Å²) in [4.78, 5) is 0. The zero-order valence-electron chi connectivity index (χ0n) is 10.0. The number of ether oxygens (including phenoxy) is 2. The van der Waals surface area contributed by atoms with Gasteiger partial charge in [0, 0.05) is 13.1 Å². The van der Waals surface area contributed by atoms with Crippen molar-refractivity contribution in [3.05, 3.63) is 28.2 Å². The normalized spacial score (nSPS) is 20.2. The Hall–Kier alpha value is -0.580. The fourth-order valence-electron chi connectivity index (χ4n) is 1.96. The van der Waals surface area contributed by atoms with Gasteiger partial charge >= 0.3 is 0 Å². The van der Waals surface area contributed by atoms with E-state index in [1.54, 1.807) is 0 Å². The number of rotatable bonds is 4. The zero-order valence-corrected chi connectivity index (χ0v) is 11.6. The molecule has 0 radical (unpaired) electrons. The largest absolute Gasteiger partial charge is 0.493 e. The van der Waals surface area contributed by atoms with Crippen LogP contribution in [0.1, 0.15) is 12.5 Å². The van der Waals surface area contributed by atoms with E-state index in [0.29, 0.717) is 6.61 Å². The summed E-state index contributed by atoms with van der Waals surface area (Å²) in [6.45, 7) is 5.38. The maximum absolute atomic E-state index is 5.69. The SMILES string of the molecule is CCOc1ccc(C[C@@H]2CNCCO2)cc1Br. The summed E-state index contributed by atoms with van der Waals surface area (Å²) >= 11 is 3.53. The second kappa shape index (κ2) is 6.38. The minimum Gasteiger partial charge on any atom is -0.493 e. The van der Waals surface area contributed by atoms with Crippen LogP contribution >= 0.6 is 15.9 Å². The number of hydrogen-bond donors (Lipinski definition) is 1. The fraction of sp³-hybridized carbons (Fsp3) is 0.538. The van der Waals surface area contributed by atoms with Gasteiger partial charge in [0.2, 0.25) is 0 Å². The first kappa shape index (κ1) is 12.9. The number of nitrogens with one attached hydrogen (secondary N) is 1. The van der Waals surface area contributed by atoms with Gasteiger partial charge in [-0.2, -0.15) is 0 Å². The first-order valence-corrected chi connectivity index (χ1v) is 6.82. The molecule has 1 aromatic carbocycles. The van der Waals surface area contributed by atoms with Crippen LogP contribution in [0.25, 0.3) is 0 Å². The van der Waals surface area contributed by atoms with Crippen LogP contribution in [0.4, 0.5) is 0 Å². The zero-order chi connectivity index (χ0) is 12.1. The van der Waals surface area contributed by atoms with Crippen molar-refractivity contribution in [1.29, 1.82) is 0 Å². The van der Waals surface area contributed by atoms with E-state index in [9.17, 15) is 0 Å². The van der Waals surface area contributed by atoms with Crippen LogP contribution in [-0.2, 0) is 11.2 Å². The van der Waals surface area contributed by atoms with E-state index in [4.69, 9.17) is 9.47 Å². The summed E-state index contributed by atoms with van der Waals surface area (Å²) in [5.74, 6) is 0.902. The summed E-state index contributed by atoms with van der Waals surface area (Å²) < 4.78 is 12.2. The molecule has 17 heavy (non-hydrogen) atoms. The summed E-state index contributed by atoms with van der Waals surface area (Å²) in [6, 6.07) is 6.23. The molecule has 1 heterocycles. The van der Waals surface area contributed by atoms with Crippen LogP contribution in [0.15, 0.2) is 22.7 Å². The standard InChI is InChI=1S/C13H18BrNO2/c1-2-16-13-4-3-10(8-12(13)14)7-11-9-15-5-6-17-11/h3-4,8,11,15H,2,5-7,9H2,1H3/t11-/m1/s1. The Kier molecular flexibility index (Phi) is 4.83. The van der Waals surface area contributed by atoms with E-state index in [1.165, 1.54) is 5.56 Å². The summed E-state index contributed by atoms with van der Waals surface area (Å²) in [5.41, 5.74) is 1.27. The van der Waals surface area contributed by atoms with Gasteiger partial charge in [-0.15, -0.1) is 0 Å². The van der Waals surface area contributed by atoms with Gasteiger partial charge in [-0.1, -0.05) is 6.07 Å². The second-order valence-corrected chi connectivity index (χ2v) is 4.95. The van der Waals surface area contributed by atoms with Crippen molar-refractivity contribution < 1.29 is 9.47 Å². The van der Waals surface area contributed by atoms with Gasteiger partial charge in [0.15, 0.2) is 0 Å². The maximum atomic E-state index is 5.69. The van der Waals surface area contributed by atoms with Gasteiger partial charge in [-0.05, 0) is 47.0 Å². The van der Waals surface area contributed by atoms with E-state index in [1.807, 2.05) is 13.0 Å². The third-order valence-corrected chi connectivity index (χ3v) is 3.38. The molecule has 1 aromatic rings. The molecule has 2 rings (SSSR count). The van der Waals surface area contributed by atoms with E-state index in [-0.39, 0.29) is 6.10 Å². The lowest BCUT2D eigenvalue weighted by atomic mass is 10.1. The monoisotopic (exact) mass is 299 g/mol. The molecule has 94 valence electrons. The first-order chi connectivity index (χ1) is 8.29. The summed E-state index contributed by atoms with van der Waals surface area (Å²) in [5, 5.41) is 3.34. The van der Waals surface area contributed by atoms with Gasteiger partial charge in [0.25, 0.3) is 0 Å². The van der Waals surface area contributed by atoms with Crippen LogP contribution in [0.3, 0.4) is 0 Å². The Morgan fingerprint density at radius 2 is 2.41 bits per heavy atom. The first-order valence-electron chi connectivity index (χ1n) is 6.03. The molecule has 1 aliphatic rings. The number of hydrogen-bond acceptors (Lipinski definition) is 3. The number of halogens is 1. The van der Waals surface area contributed by atoms with Gasteiger partial charge in [-0.3, -0.25) is 0 Å². The van der Waals surface area contributed by atoms with E-state index >= 15 is 0 Å². The number of benzene rings is 1. The third-order valence-electron chi connectivity index (χ3n) is 2.76. The molecule has 0 spiro atoms. The summed E-state index contributed by atoms with van der Waals surface area (Å²) in [6.07, 6.45) is 1.23. The molecule has 0 bridgehead atoms. The molecule has 1 fully saturated rings. The molecule has 1 N–H and O–H groups in total. The molecule has 0 saturated carbocycles. The van der Waals surface area contributed by atoms with Crippen LogP contribution in [0, 0.1) is 0 Å². The maximum Gasteiger partial charge on any atom is 0.133 e. The van der Waals surface area contributed by atoms with Crippen molar-refractivity contribution >= 4 is 15.9 Å². The Morgan fingerprint density at radius 3 is 3.06 bits per heavy atom. The quantitative estimate of drug-likeness (QED) is 0.926. The molecule has 1 saturated heterocycles. The van der Waals surface area contributed by atoms with Gasteiger partial charge in [0.1, 0.15) is 5.75 Å². The van der Waals surface area contributed by atoms with E-state index < -0.39 is 0 Å². The highest BCUT2D eigenvalue weighted by atomic mass is 79.9. The predicted molar refractivity (Wildman–Crippen MR) is 71.6 cm³/mol. The lowest BCUT2D eigenvalue weighted by Crippen LogP contribution is -2.39. The van der Waals surface area contributed by atoms with Crippen LogP contribution in [-0.4, -0.2) is 32.4 Å². The van der Waals surface area contributed by atoms with Crippen molar-refractivity contribution in [2.24, 2.45) is 0 Å². The fourth-order valence-corrected chi connectivity index (χ4v) is 2.50. The Bertz CT molecular complexity index is 364. The van der Waals surface area contributed by atoms with E-state index in [0.717, 1.165) is 36.3 Å². The predicted octanol–water partition coefficient (Wildman–Crippen LogP) is 2.38. The van der Waals surface area contributed by atoms with Gasteiger partial charge in [0.05, 0.1) is 23.8 Å². The van der Waals surface area contributed by atoms with E-state index in [2.05, 4.69) is 33.4 Å². The molecular weight excluding hydrogens is 282 g/mol. The highest BCUT2D eigenvalue weighted by Crippen LogP contribution is 2.26.